The molecule has 0 N–H and O–H groups in total. The maximum absolute atomic E-state index is 13.4. The Morgan fingerprint density at radius 2 is 1.81 bits per heavy atom. The third-order valence-electron chi connectivity index (χ3n) is 6.39. The number of carbonyl (C=O) groups excluding carboxylic acids is 1. The van der Waals surface area contributed by atoms with Crippen LogP contribution in [0, 0.1) is 12.8 Å². The van der Waals surface area contributed by atoms with Crippen LogP contribution >= 0.6 is 23.2 Å². The number of pyridine rings is 1. The van der Waals surface area contributed by atoms with Crippen LogP contribution in [0.15, 0.2) is 71.4 Å². The monoisotopic (exact) mass is 522 g/mol. The minimum absolute atomic E-state index is 0.0130. The molecule has 4 aromatic rings. The summed E-state index contributed by atoms with van der Waals surface area (Å²) in [7, 11) is 0. The normalized spacial score (nSPS) is 17.7. The maximum Gasteiger partial charge on any atom is 0.257 e. The molecule has 0 radical (unpaired) electrons. The molecule has 2 aromatic carbocycles. The highest BCUT2D eigenvalue weighted by Crippen LogP contribution is 2.34. The van der Waals surface area contributed by atoms with Gasteiger partial charge in [0.05, 0.1) is 11.6 Å². The molecule has 3 heterocycles. The zero-order chi connectivity index (χ0) is 25.1. The molecule has 1 saturated heterocycles. The zero-order valence-electron chi connectivity index (χ0n) is 19.6. The molecule has 5 rings (SSSR count). The van der Waals surface area contributed by atoms with Gasteiger partial charge in [-0.15, -0.1) is 0 Å². The van der Waals surface area contributed by atoms with Crippen molar-refractivity contribution in [3.63, 3.8) is 0 Å². The van der Waals surface area contributed by atoms with Crippen LogP contribution in [0.3, 0.4) is 0 Å². The second-order valence-electron chi connectivity index (χ2n) is 8.81. The Labute approximate surface area is 219 Å². The summed E-state index contributed by atoms with van der Waals surface area (Å²) in [4.78, 5) is 23.8. The SMILES string of the molecule is Cc1noc(-c2ccc(C(=O)N3CC[C@@H](COc4ccc(Cl)cn4)[C@H](c4ccc(Cl)cc4)C3)cc2)n1. The summed E-state index contributed by atoms with van der Waals surface area (Å²) in [5, 5.41) is 5.06. The van der Waals surface area contributed by atoms with Crippen LogP contribution in [0.2, 0.25) is 10.0 Å². The fraction of sp³-hybridized carbons (Fsp3) is 0.259. The molecule has 2 aromatic heterocycles. The van der Waals surface area contributed by atoms with E-state index >= 15 is 0 Å². The van der Waals surface area contributed by atoms with Crippen molar-refractivity contribution in [2.24, 2.45) is 5.92 Å². The van der Waals surface area contributed by atoms with E-state index in [1.807, 2.05) is 41.3 Å². The molecule has 36 heavy (non-hydrogen) atoms. The molecule has 9 heteroatoms. The van der Waals surface area contributed by atoms with Crippen LogP contribution in [0.5, 0.6) is 5.88 Å². The Morgan fingerprint density at radius 3 is 2.47 bits per heavy atom. The molecule has 0 bridgehead atoms. The molecule has 7 nitrogen and oxygen atoms in total. The van der Waals surface area contributed by atoms with E-state index in [-0.39, 0.29) is 17.7 Å². The Morgan fingerprint density at radius 1 is 1.06 bits per heavy atom. The Bertz CT molecular complexity index is 1320. The summed E-state index contributed by atoms with van der Waals surface area (Å²) >= 11 is 12.1. The van der Waals surface area contributed by atoms with Gasteiger partial charge >= 0.3 is 0 Å². The lowest BCUT2D eigenvalue weighted by Gasteiger charge is -2.39. The van der Waals surface area contributed by atoms with Gasteiger partial charge in [0.15, 0.2) is 5.82 Å². The number of halogens is 2. The first-order chi connectivity index (χ1) is 17.5. The molecule has 184 valence electrons. The van der Waals surface area contributed by atoms with Gasteiger partial charge in [0.1, 0.15) is 0 Å². The number of piperidine rings is 1. The topological polar surface area (TPSA) is 81.4 Å². The molecule has 2 atom stereocenters. The van der Waals surface area contributed by atoms with Gasteiger partial charge in [0, 0.05) is 53.3 Å². The molecule has 0 aliphatic carbocycles. The van der Waals surface area contributed by atoms with Crippen molar-refractivity contribution in [2.75, 3.05) is 19.7 Å². The number of carbonyl (C=O) groups is 1. The van der Waals surface area contributed by atoms with Crippen LogP contribution in [0.4, 0.5) is 0 Å². The molecular weight excluding hydrogens is 499 g/mol. The van der Waals surface area contributed by atoms with E-state index in [0.29, 0.717) is 52.9 Å². The fourth-order valence-electron chi connectivity index (χ4n) is 4.46. The molecule has 1 fully saturated rings. The van der Waals surface area contributed by atoms with Crippen molar-refractivity contribution in [1.82, 2.24) is 20.0 Å². The predicted molar refractivity (Wildman–Crippen MR) is 137 cm³/mol. The van der Waals surface area contributed by atoms with Gasteiger partial charge < -0.3 is 14.2 Å². The van der Waals surface area contributed by atoms with Crippen LogP contribution in [-0.2, 0) is 0 Å². The van der Waals surface area contributed by atoms with Crippen LogP contribution in [0.1, 0.15) is 34.1 Å². The lowest BCUT2D eigenvalue weighted by atomic mass is 9.81. The van der Waals surface area contributed by atoms with Gasteiger partial charge in [-0.2, -0.15) is 4.98 Å². The zero-order valence-corrected chi connectivity index (χ0v) is 21.1. The molecule has 1 aliphatic rings. The number of aryl methyl sites for hydroxylation is 1. The number of benzene rings is 2. The molecule has 0 saturated carbocycles. The highest BCUT2D eigenvalue weighted by Gasteiger charge is 2.33. The minimum Gasteiger partial charge on any atom is -0.477 e. The Hall–Kier alpha value is -3.42. The number of amides is 1. The number of hydrogen-bond donors (Lipinski definition) is 0. The van der Waals surface area contributed by atoms with Crippen molar-refractivity contribution in [2.45, 2.75) is 19.3 Å². The summed E-state index contributed by atoms with van der Waals surface area (Å²) in [6.07, 6.45) is 2.37. The average Bonchev–Trinajstić information content (AvgIpc) is 3.35. The van der Waals surface area contributed by atoms with E-state index in [1.165, 1.54) is 0 Å². The standard InChI is InChI=1S/C27H24Cl2N4O3/c1-17-31-26(36-32-17)19-2-4-20(5-3-19)27(34)33-13-12-21(16-35-25-11-10-23(29)14-30-25)24(15-33)18-6-8-22(28)9-7-18/h2-11,14,21,24H,12-13,15-16H2,1H3/t21-,24-/m0/s1. The molecule has 0 spiro atoms. The number of likely N-dealkylation sites (tertiary alicyclic amines) is 1. The number of aromatic nitrogens is 3. The highest BCUT2D eigenvalue weighted by molar-refractivity contribution is 6.30. The molecule has 1 amide bonds. The van der Waals surface area contributed by atoms with Crippen molar-refractivity contribution >= 4 is 29.1 Å². The molecule has 0 unspecified atom stereocenters. The average molecular weight is 523 g/mol. The molecular formula is C27H24Cl2N4O3. The van der Waals surface area contributed by atoms with Crippen molar-refractivity contribution < 1.29 is 14.1 Å². The van der Waals surface area contributed by atoms with E-state index in [0.717, 1.165) is 17.5 Å². The predicted octanol–water partition coefficient (Wildman–Crippen LogP) is 6.07. The largest absolute Gasteiger partial charge is 0.477 e. The van der Waals surface area contributed by atoms with Gasteiger partial charge in [-0.25, -0.2) is 4.98 Å². The van der Waals surface area contributed by atoms with Gasteiger partial charge in [-0.3, -0.25) is 4.79 Å². The van der Waals surface area contributed by atoms with Crippen LogP contribution in [0.25, 0.3) is 11.5 Å². The summed E-state index contributed by atoms with van der Waals surface area (Å²) in [6, 6.07) is 18.6. The third kappa shape index (κ3) is 5.53. The third-order valence-corrected chi connectivity index (χ3v) is 6.87. The second kappa shape index (κ2) is 10.7. The molecule has 1 aliphatic heterocycles. The first kappa shape index (κ1) is 24.3. The second-order valence-corrected chi connectivity index (χ2v) is 9.68. The van der Waals surface area contributed by atoms with Crippen molar-refractivity contribution in [3.05, 3.63) is 93.9 Å². The van der Waals surface area contributed by atoms with Gasteiger partial charge in [-0.1, -0.05) is 40.5 Å². The number of ether oxygens (including phenoxy) is 1. The van der Waals surface area contributed by atoms with E-state index in [1.54, 1.807) is 37.4 Å². The summed E-state index contributed by atoms with van der Waals surface area (Å²) in [6.45, 7) is 3.47. The van der Waals surface area contributed by atoms with Gasteiger partial charge in [0.2, 0.25) is 5.88 Å². The Balaban J connectivity index is 1.31. The summed E-state index contributed by atoms with van der Waals surface area (Å²) in [5.41, 5.74) is 2.51. The first-order valence-electron chi connectivity index (χ1n) is 11.7. The lowest BCUT2D eigenvalue weighted by Crippen LogP contribution is -2.44. The van der Waals surface area contributed by atoms with Crippen LogP contribution in [-0.4, -0.2) is 45.6 Å². The number of nitrogens with zero attached hydrogens (tertiary/aromatic N) is 4. The number of hydrogen-bond acceptors (Lipinski definition) is 6. The smallest absolute Gasteiger partial charge is 0.257 e. The highest BCUT2D eigenvalue weighted by atomic mass is 35.5. The first-order valence-corrected chi connectivity index (χ1v) is 12.4. The maximum atomic E-state index is 13.4. The van der Waals surface area contributed by atoms with Crippen LogP contribution < -0.4 is 4.74 Å². The lowest BCUT2D eigenvalue weighted by molar-refractivity contribution is 0.0615. The quantitative estimate of drug-likeness (QED) is 0.305. The summed E-state index contributed by atoms with van der Waals surface area (Å²) < 4.78 is 11.2. The van der Waals surface area contributed by atoms with Gasteiger partial charge in [0.25, 0.3) is 11.8 Å². The van der Waals surface area contributed by atoms with E-state index in [9.17, 15) is 4.79 Å². The fourth-order valence-corrected chi connectivity index (χ4v) is 4.70. The van der Waals surface area contributed by atoms with E-state index in [4.69, 9.17) is 32.5 Å². The van der Waals surface area contributed by atoms with E-state index in [2.05, 4.69) is 15.1 Å². The van der Waals surface area contributed by atoms with E-state index < -0.39 is 0 Å². The summed E-state index contributed by atoms with van der Waals surface area (Å²) in [5.74, 6) is 1.82. The van der Waals surface area contributed by atoms with Crippen molar-refractivity contribution in [3.8, 4) is 17.3 Å². The number of rotatable bonds is 6. The van der Waals surface area contributed by atoms with Gasteiger partial charge in [-0.05, 0) is 61.4 Å². The Kier molecular flexibility index (Phi) is 7.20. The minimum atomic E-state index is -0.0130. The van der Waals surface area contributed by atoms with Crippen molar-refractivity contribution in [1.29, 1.82) is 0 Å².